The van der Waals surface area contributed by atoms with Crippen molar-refractivity contribution < 1.29 is 14.3 Å². The van der Waals surface area contributed by atoms with Crippen molar-refractivity contribution in [2.24, 2.45) is 0 Å². The molecule has 0 spiro atoms. The number of nitrogens with one attached hydrogen (secondary N) is 1. The van der Waals surface area contributed by atoms with Gasteiger partial charge in [0.2, 0.25) is 5.91 Å². The summed E-state index contributed by atoms with van der Waals surface area (Å²) in [7, 11) is 0. The van der Waals surface area contributed by atoms with Crippen molar-refractivity contribution in [2.75, 3.05) is 18.4 Å². The van der Waals surface area contributed by atoms with Crippen LogP contribution < -0.4 is 14.8 Å². The number of ether oxygens (including phenoxy) is 2. The van der Waals surface area contributed by atoms with Gasteiger partial charge in [-0.2, -0.15) is 10.2 Å². The Kier molecular flexibility index (Phi) is 6.26. The largest absolute Gasteiger partial charge is 0.489 e. The quantitative estimate of drug-likeness (QED) is 0.306. The number of nitrogens with zero attached hydrogens (tertiary/aromatic N) is 7. The molecule has 1 aliphatic heterocycles. The number of amides is 1. The van der Waals surface area contributed by atoms with Gasteiger partial charge in [-0.3, -0.25) is 4.79 Å². The first-order valence-electron chi connectivity index (χ1n) is 12.0. The third-order valence-electron chi connectivity index (χ3n) is 6.29. The van der Waals surface area contributed by atoms with Gasteiger partial charge in [0.25, 0.3) is 0 Å². The minimum absolute atomic E-state index is 0.0162. The van der Waals surface area contributed by atoms with Gasteiger partial charge >= 0.3 is 0 Å². The van der Waals surface area contributed by atoms with E-state index in [2.05, 4.69) is 32.1 Å². The molecule has 0 bridgehead atoms. The average molecular weight is 531 g/mol. The fraction of sp³-hybridized carbons (Fsp3) is 0.192. The molecule has 1 N–H and O–H groups in total. The molecular formula is C26H23ClN8O3. The van der Waals surface area contributed by atoms with Gasteiger partial charge < -0.3 is 19.7 Å². The molecule has 192 valence electrons. The SMILES string of the molecule is C=CC(=O)N1CCC(Oc2cc3c(Nc4ccc(Oc5ccn6ncnc6c5)c(Cl)c4)ncnn3c2)CC1. The lowest BCUT2D eigenvalue weighted by atomic mass is 10.1. The molecule has 1 amide bonds. The van der Waals surface area contributed by atoms with E-state index < -0.39 is 0 Å². The van der Waals surface area contributed by atoms with E-state index in [9.17, 15) is 4.79 Å². The van der Waals surface area contributed by atoms with Crippen LogP contribution in [0.4, 0.5) is 11.5 Å². The summed E-state index contributed by atoms with van der Waals surface area (Å²) < 4.78 is 15.5. The van der Waals surface area contributed by atoms with Crippen LogP contribution in [0.15, 0.2) is 74.1 Å². The van der Waals surface area contributed by atoms with Crippen LogP contribution in [0.3, 0.4) is 0 Å². The number of carbonyl (C=O) groups is 1. The Hall–Kier alpha value is -4.64. The molecule has 6 rings (SSSR count). The van der Waals surface area contributed by atoms with Crippen LogP contribution >= 0.6 is 11.6 Å². The number of pyridine rings is 1. The van der Waals surface area contributed by atoms with Crippen LogP contribution in [-0.2, 0) is 4.79 Å². The van der Waals surface area contributed by atoms with Crippen molar-refractivity contribution >= 4 is 40.2 Å². The van der Waals surface area contributed by atoms with Gasteiger partial charge in [-0.1, -0.05) is 18.2 Å². The van der Waals surface area contributed by atoms with Crippen LogP contribution in [0, 0.1) is 0 Å². The molecule has 0 unspecified atom stereocenters. The number of hydrogen-bond donors (Lipinski definition) is 1. The number of benzene rings is 1. The predicted molar refractivity (Wildman–Crippen MR) is 141 cm³/mol. The second-order valence-electron chi connectivity index (χ2n) is 8.76. The molecular weight excluding hydrogens is 508 g/mol. The molecule has 1 fully saturated rings. The lowest BCUT2D eigenvalue weighted by Gasteiger charge is -2.31. The first-order valence-corrected chi connectivity index (χ1v) is 12.4. The summed E-state index contributed by atoms with van der Waals surface area (Å²) in [5.41, 5.74) is 2.16. The molecule has 1 aliphatic rings. The highest BCUT2D eigenvalue weighted by Gasteiger charge is 2.23. The van der Waals surface area contributed by atoms with Crippen molar-refractivity contribution in [1.29, 1.82) is 0 Å². The van der Waals surface area contributed by atoms with Gasteiger partial charge in [-0.25, -0.2) is 19.0 Å². The van der Waals surface area contributed by atoms with Crippen molar-refractivity contribution in [3.8, 4) is 17.2 Å². The van der Waals surface area contributed by atoms with Crippen LogP contribution in [0.1, 0.15) is 12.8 Å². The molecule has 0 atom stereocenters. The number of hydrogen-bond acceptors (Lipinski definition) is 8. The number of likely N-dealkylation sites (tertiary alicyclic amines) is 1. The van der Waals surface area contributed by atoms with E-state index in [4.69, 9.17) is 21.1 Å². The Bertz CT molecular complexity index is 1640. The second kappa shape index (κ2) is 10.0. The Labute approximate surface area is 222 Å². The van der Waals surface area contributed by atoms with Gasteiger partial charge in [0.1, 0.15) is 41.5 Å². The summed E-state index contributed by atoms with van der Waals surface area (Å²) in [6.45, 7) is 4.84. The fourth-order valence-corrected chi connectivity index (χ4v) is 4.59. The third kappa shape index (κ3) is 4.83. The Morgan fingerprint density at radius 1 is 1.05 bits per heavy atom. The zero-order chi connectivity index (χ0) is 26.1. The van der Waals surface area contributed by atoms with Crippen molar-refractivity contribution in [3.05, 3.63) is 79.1 Å². The molecule has 1 aromatic carbocycles. The number of aromatic nitrogens is 6. The topological polar surface area (TPSA) is 111 Å². The number of fused-ring (bicyclic) bond motifs is 2. The van der Waals surface area contributed by atoms with E-state index in [-0.39, 0.29) is 12.0 Å². The zero-order valence-corrected chi connectivity index (χ0v) is 21.0. The molecule has 12 heteroatoms. The number of carbonyl (C=O) groups excluding carboxylic acids is 1. The van der Waals surface area contributed by atoms with Crippen molar-refractivity contribution in [3.63, 3.8) is 0 Å². The molecule has 11 nitrogen and oxygen atoms in total. The number of piperidine rings is 1. The maximum absolute atomic E-state index is 11.8. The lowest BCUT2D eigenvalue weighted by Crippen LogP contribution is -2.40. The Morgan fingerprint density at radius 3 is 2.68 bits per heavy atom. The van der Waals surface area contributed by atoms with Gasteiger partial charge in [0, 0.05) is 49.9 Å². The van der Waals surface area contributed by atoms with Gasteiger partial charge in [-0.15, -0.1) is 0 Å². The van der Waals surface area contributed by atoms with Crippen LogP contribution in [-0.4, -0.2) is 59.2 Å². The highest BCUT2D eigenvalue weighted by molar-refractivity contribution is 6.32. The normalized spacial score (nSPS) is 14.1. The molecule has 0 radical (unpaired) electrons. The van der Waals surface area contributed by atoms with Gasteiger partial charge in [0.15, 0.2) is 11.5 Å². The second-order valence-corrected chi connectivity index (χ2v) is 9.17. The maximum atomic E-state index is 11.8. The number of rotatable bonds is 7. The first kappa shape index (κ1) is 23.7. The Morgan fingerprint density at radius 2 is 1.87 bits per heavy atom. The highest BCUT2D eigenvalue weighted by atomic mass is 35.5. The summed E-state index contributed by atoms with van der Waals surface area (Å²) in [5, 5.41) is 12.1. The van der Waals surface area contributed by atoms with Crippen LogP contribution in [0.5, 0.6) is 17.2 Å². The molecule has 0 aliphatic carbocycles. The van der Waals surface area contributed by atoms with E-state index in [1.807, 2.05) is 18.3 Å². The summed E-state index contributed by atoms with van der Waals surface area (Å²) >= 11 is 6.53. The molecule has 5 heterocycles. The summed E-state index contributed by atoms with van der Waals surface area (Å²) in [6.07, 6.45) is 9.41. The van der Waals surface area contributed by atoms with E-state index in [0.29, 0.717) is 46.8 Å². The minimum Gasteiger partial charge on any atom is -0.489 e. The van der Waals surface area contributed by atoms with E-state index in [1.54, 1.807) is 44.4 Å². The summed E-state index contributed by atoms with van der Waals surface area (Å²) in [4.78, 5) is 22.2. The van der Waals surface area contributed by atoms with Gasteiger partial charge in [0.05, 0.1) is 11.2 Å². The van der Waals surface area contributed by atoms with E-state index >= 15 is 0 Å². The third-order valence-corrected chi connectivity index (χ3v) is 6.58. The molecule has 0 saturated carbocycles. The Balaban J connectivity index is 1.15. The van der Waals surface area contributed by atoms with E-state index in [1.165, 1.54) is 18.7 Å². The fourth-order valence-electron chi connectivity index (χ4n) is 4.37. The lowest BCUT2D eigenvalue weighted by molar-refractivity contribution is -0.127. The monoisotopic (exact) mass is 530 g/mol. The molecule has 38 heavy (non-hydrogen) atoms. The van der Waals surface area contributed by atoms with Crippen LogP contribution in [0.2, 0.25) is 5.02 Å². The standard InChI is InChI=1S/C26H23ClN8O3/c1-2-25(36)33-8-5-18(6-9-33)37-20-12-22-26(29-16-31-35(22)14-20)32-17-3-4-23(21(27)11-17)38-19-7-10-34-24(13-19)28-15-30-34/h2-4,7,10-16,18H,1,5-6,8-9H2,(H,29,31,32). The smallest absolute Gasteiger partial charge is 0.245 e. The zero-order valence-electron chi connectivity index (χ0n) is 20.2. The van der Waals surface area contributed by atoms with Crippen molar-refractivity contribution in [2.45, 2.75) is 18.9 Å². The molecule has 1 saturated heterocycles. The van der Waals surface area contributed by atoms with Crippen molar-refractivity contribution in [1.82, 2.24) is 34.1 Å². The summed E-state index contributed by atoms with van der Waals surface area (Å²) in [5.74, 6) is 2.35. The molecule has 4 aromatic heterocycles. The highest BCUT2D eigenvalue weighted by Crippen LogP contribution is 2.33. The maximum Gasteiger partial charge on any atom is 0.245 e. The van der Waals surface area contributed by atoms with Crippen LogP contribution in [0.25, 0.3) is 11.2 Å². The molecule has 5 aromatic rings. The minimum atomic E-state index is -0.0443. The summed E-state index contributed by atoms with van der Waals surface area (Å²) in [6, 6.07) is 10.9. The van der Waals surface area contributed by atoms with Gasteiger partial charge in [-0.05, 0) is 30.3 Å². The number of anilines is 2. The number of halogens is 1. The predicted octanol–water partition coefficient (Wildman–Crippen LogP) is 4.52. The van der Waals surface area contributed by atoms with E-state index in [0.717, 1.165) is 24.0 Å². The first-order chi connectivity index (χ1) is 18.6. The average Bonchev–Trinajstić information content (AvgIpc) is 3.57.